The van der Waals surface area contributed by atoms with Gasteiger partial charge in [0.25, 0.3) is 0 Å². The third-order valence-electron chi connectivity index (χ3n) is 2.22. The van der Waals surface area contributed by atoms with Crippen molar-refractivity contribution in [3.05, 3.63) is 46.4 Å². The molecule has 6 heteroatoms. The van der Waals surface area contributed by atoms with Crippen molar-refractivity contribution in [3.8, 4) is 0 Å². The van der Waals surface area contributed by atoms with Crippen LogP contribution in [0.3, 0.4) is 0 Å². The van der Waals surface area contributed by atoms with E-state index in [1.807, 2.05) is 0 Å². The Morgan fingerprint density at radius 3 is 2.76 bits per heavy atom. The molecule has 90 valence electrons. The predicted molar refractivity (Wildman–Crippen MR) is 59.3 cm³/mol. The lowest BCUT2D eigenvalue weighted by molar-refractivity contribution is 0.283. The zero-order valence-electron chi connectivity index (χ0n) is 8.86. The fraction of sp³-hybridized carbons (Fsp3) is 0.273. The molecule has 17 heavy (non-hydrogen) atoms. The van der Waals surface area contributed by atoms with Crippen molar-refractivity contribution in [2.75, 3.05) is 6.61 Å². The van der Waals surface area contributed by atoms with Crippen molar-refractivity contribution in [2.24, 2.45) is 0 Å². The van der Waals surface area contributed by atoms with Crippen LogP contribution < -0.4 is 0 Å². The van der Waals surface area contributed by atoms with E-state index in [2.05, 4.69) is 10.2 Å². The average Bonchev–Trinajstić information content (AvgIpc) is 2.72. The van der Waals surface area contributed by atoms with Crippen LogP contribution in [0.4, 0.5) is 4.39 Å². The van der Waals surface area contributed by atoms with Crippen molar-refractivity contribution in [1.82, 2.24) is 10.2 Å². The number of hydrogen-bond acceptors (Lipinski definition) is 4. The molecule has 0 amide bonds. The van der Waals surface area contributed by atoms with Crippen LogP contribution in [0.25, 0.3) is 0 Å². The van der Waals surface area contributed by atoms with E-state index < -0.39 is 5.82 Å². The molecule has 1 aromatic carbocycles. The number of nitrogens with zero attached hydrogens (tertiary/aromatic N) is 2. The highest BCUT2D eigenvalue weighted by molar-refractivity contribution is 6.31. The molecule has 2 rings (SSSR count). The van der Waals surface area contributed by atoms with Crippen molar-refractivity contribution in [2.45, 2.75) is 12.8 Å². The molecule has 4 nitrogen and oxygen atoms in total. The molecule has 2 aromatic rings. The van der Waals surface area contributed by atoms with E-state index in [-0.39, 0.29) is 25.3 Å². The van der Waals surface area contributed by atoms with Crippen LogP contribution in [-0.2, 0) is 12.8 Å². The Balaban J connectivity index is 2.19. The molecule has 1 N–H and O–H groups in total. The van der Waals surface area contributed by atoms with Crippen molar-refractivity contribution >= 4 is 11.6 Å². The van der Waals surface area contributed by atoms with Gasteiger partial charge in [0.15, 0.2) is 0 Å². The van der Waals surface area contributed by atoms with E-state index in [4.69, 9.17) is 21.1 Å². The van der Waals surface area contributed by atoms with E-state index >= 15 is 0 Å². The number of aromatic nitrogens is 2. The fourth-order valence-electron chi connectivity index (χ4n) is 1.41. The van der Waals surface area contributed by atoms with Crippen LogP contribution in [-0.4, -0.2) is 21.9 Å². The smallest absolute Gasteiger partial charge is 0.221 e. The van der Waals surface area contributed by atoms with Crippen LogP contribution >= 0.6 is 11.6 Å². The van der Waals surface area contributed by atoms with Crippen LogP contribution in [0.1, 0.15) is 17.3 Å². The summed E-state index contributed by atoms with van der Waals surface area (Å²) in [5, 5.41) is 16.5. The lowest BCUT2D eigenvalue weighted by Gasteiger charge is -2.01. The summed E-state index contributed by atoms with van der Waals surface area (Å²) in [5.74, 6) is 0.204. The van der Waals surface area contributed by atoms with E-state index in [0.29, 0.717) is 16.5 Å². The van der Waals surface area contributed by atoms with Gasteiger partial charge >= 0.3 is 0 Å². The number of benzene rings is 1. The zero-order valence-corrected chi connectivity index (χ0v) is 9.62. The maximum Gasteiger partial charge on any atom is 0.221 e. The standard InChI is InChI=1S/C11H10ClFN2O2/c12-8-2-1-3-9(13)7(8)6-11-15-14-10(17-11)4-5-16/h1-3,16H,4-6H2. The summed E-state index contributed by atoms with van der Waals surface area (Å²) >= 11 is 5.88. The molecule has 0 aliphatic carbocycles. The minimum atomic E-state index is -0.403. The summed E-state index contributed by atoms with van der Waals surface area (Å²) in [6.07, 6.45) is 0.432. The van der Waals surface area contributed by atoms with Gasteiger partial charge in [-0.15, -0.1) is 10.2 Å². The summed E-state index contributed by atoms with van der Waals surface area (Å²) in [5.41, 5.74) is 0.327. The van der Waals surface area contributed by atoms with Gasteiger partial charge in [-0.3, -0.25) is 0 Å². The number of hydrogen-bond donors (Lipinski definition) is 1. The van der Waals surface area contributed by atoms with Crippen LogP contribution in [0.5, 0.6) is 0 Å². The second-order valence-electron chi connectivity index (χ2n) is 3.44. The van der Waals surface area contributed by atoms with Gasteiger partial charge in [-0.2, -0.15) is 0 Å². The van der Waals surface area contributed by atoms with Gasteiger partial charge < -0.3 is 9.52 Å². The molecule has 0 bridgehead atoms. The molecule has 0 aliphatic rings. The largest absolute Gasteiger partial charge is 0.425 e. The van der Waals surface area contributed by atoms with E-state index in [1.165, 1.54) is 12.1 Å². The predicted octanol–water partition coefficient (Wildman–Crippen LogP) is 1.99. The number of halogens is 2. The Hall–Kier alpha value is -1.46. The van der Waals surface area contributed by atoms with Crippen molar-refractivity contribution in [1.29, 1.82) is 0 Å². The van der Waals surface area contributed by atoms with E-state index in [9.17, 15) is 4.39 Å². The number of rotatable bonds is 4. The van der Waals surface area contributed by atoms with Crippen LogP contribution in [0.2, 0.25) is 5.02 Å². The van der Waals surface area contributed by atoms with Gasteiger partial charge in [-0.05, 0) is 12.1 Å². The van der Waals surface area contributed by atoms with Gasteiger partial charge in [0, 0.05) is 17.0 Å². The zero-order chi connectivity index (χ0) is 12.3. The maximum absolute atomic E-state index is 13.5. The highest BCUT2D eigenvalue weighted by Gasteiger charge is 2.12. The molecular weight excluding hydrogens is 247 g/mol. The lowest BCUT2D eigenvalue weighted by atomic mass is 10.1. The fourth-order valence-corrected chi connectivity index (χ4v) is 1.64. The molecular formula is C11H10ClFN2O2. The summed E-state index contributed by atoms with van der Waals surface area (Å²) in [6.45, 7) is -0.0674. The van der Waals surface area contributed by atoms with Gasteiger partial charge in [-0.25, -0.2) is 4.39 Å². The third kappa shape index (κ3) is 2.81. The van der Waals surface area contributed by atoms with Gasteiger partial charge in [0.2, 0.25) is 11.8 Å². The maximum atomic E-state index is 13.5. The molecule has 0 unspecified atom stereocenters. The Morgan fingerprint density at radius 1 is 1.29 bits per heavy atom. The molecule has 0 saturated carbocycles. The number of aliphatic hydroxyl groups is 1. The molecule has 0 spiro atoms. The Bertz CT molecular complexity index is 496. The average molecular weight is 257 g/mol. The molecule has 0 aliphatic heterocycles. The van der Waals surface area contributed by atoms with Crippen molar-refractivity contribution < 1.29 is 13.9 Å². The topological polar surface area (TPSA) is 59.2 Å². The first-order valence-electron chi connectivity index (χ1n) is 5.05. The Morgan fingerprint density at radius 2 is 2.06 bits per heavy atom. The monoisotopic (exact) mass is 256 g/mol. The first-order chi connectivity index (χ1) is 8.20. The molecule has 0 fully saturated rings. The molecule has 1 aromatic heterocycles. The molecule has 0 saturated heterocycles. The normalized spacial score (nSPS) is 10.8. The van der Waals surface area contributed by atoms with Gasteiger partial charge in [0.05, 0.1) is 13.0 Å². The highest BCUT2D eigenvalue weighted by Crippen LogP contribution is 2.21. The first-order valence-corrected chi connectivity index (χ1v) is 5.43. The minimum Gasteiger partial charge on any atom is -0.425 e. The summed E-state index contributed by atoms with van der Waals surface area (Å²) in [4.78, 5) is 0. The second-order valence-corrected chi connectivity index (χ2v) is 3.85. The summed E-state index contributed by atoms with van der Waals surface area (Å²) < 4.78 is 18.7. The SMILES string of the molecule is OCCc1nnc(Cc2c(F)cccc2Cl)o1. The van der Waals surface area contributed by atoms with Gasteiger partial charge in [-0.1, -0.05) is 17.7 Å². The lowest BCUT2D eigenvalue weighted by Crippen LogP contribution is -1.94. The molecule has 0 radical (unpaired) electrons. The molecule has 0 atom stereocenters. The van der Waals surface area contributed by atoms with Crippen LogP contribution in [0, 0.1) is 5.82 Å². The van der Waals surface area contributed by atoms with E-state index in [0.717, 1.165) is 0 Å². The van der Waals surface area contributed by atoms with E-state index in [1.54, 1.807) is 6.07 Å². The summed E-state index contributed by atoms with van der Waals surface area (Å²) in [7, 11) is 0. The first kappa shape index (κ1) is 12.0. The highest BCUT2D eigenvalue weighted by atomic mass is 35.5. The number of aliphatic hydroxyl groups excluding tert-OH is 1. The quantitative estimate of drug-likeness (QED) is 0.909. The third-order valence-corrected chi connectivity index (χ3v) is 2.58. The van der Waals surface area contributed by atoms with Crippen LogP contribution in [0.15, 0.2) is 22.6 Å². The minimum absolute atomic E-state index is 0.0674. The van der Waals surface area contributed by atoms with Gasteiger partial charge in [0.1, 0.15) is 5.82 Å². The second kappa shape index (κ2) is 5.25. The summed E-state index contributed by atoms with van der Waals surface area (Å²) in [6, 6.07) is 4.46. The molecule has 1 heterocycles. The Kier molecular flexibility index (Phi) is 3.71. The van der Waals surface area contributed by atoms with Crippen molar-refractivity contribution in [3.63, 3.8) is 0 Å². The Labute approximate surface area is 102 Å².